The maximum atomic E-state index is 12.9. The highest BCUT2D eigenvalue weighted by Gasteiger charge is 2.26. The summed E-state index contributed by atoms with van der Waals surface area (Å²) in [6.45, 7) is 4.98. The maximum absolute atomic E-state index is 12.9. The molecule has 0 spiro atoms. The van der Waals surface area contributed by atoms with Crippen molar-refractivity contribution in [2.45, 2.75) is 6.42 Å². The Hall–Kier alpha value is -1.79. The minimum atomic E-state index is -0.0316. The van der Waals surface area contributed by atoms with Gasteiger partial charge in [-0.3, -0.25) is 9.69 Å². The third-order valence-electron chi connectivity index (χ3n) is 4.12. The van der Waals surface area contributed by atoms with Gasteiger partial charge >= 0.3 is 0 Å². The highest BCUT2D eigenvalue weighted by Crippen LogP contribution is 2.29. The van der Waals surface area contributed by atoms with E-state index in [1.807, 2.05) is 11.0 Å². The summed E-state index contributed by atoms with van der Waals surface area (Å²) < 4.78 is 15.8. The van der Waals surface area contributed by atoms with Gasteiger partial charge < -0.3 is 19.1 Å². The Kier molecular flexibility index (Phi) is 6.67. The summed E-state index contributed by atoms with van der Waals surface area (Å²) in [5, 5.41) is 0. The first-order valence-corrected chi connectivity index (χ1v) is 7.92. The fraction of sp³-hybridized carbons (Fsp3) is 0.588. The summed E-state index contributed by atoms with van der Waals surface area (Å²) in [4.78, 5) is 17.1. The molecule has 0 radical (unpaired) electrons. The van der Waals surface area contributed by atoms with Gasteiger partial charge in [-0.15, -0.1) is 0 Å². The first kappa shape index (κ1) is 17.6. The van der Waals surface area contributed by atoms with Crippen LogP contribution in [-0.4, -0.2) is 76.4 Å². The predicted octanol–water partition coefficient (Wildman–Crippen LogP) is 1.50. The zero-order valence-corrected chi connectivity index (χ0v) is 14.2. The second-order valence-electron chi connectivity index (χ2n) is 5.52. The number of hydrogen-bond donors (Lipinski definition) is 0. The highest BCUT2D eigenvalue weighted by molar-refractivity contribution is 5.99. The molecule has 0 atom stereocenters. The Labute approximate surface area is 137 Å². The minimum Gasteiger partial charge on any atom is -0.496 e. The van der Waals surface area contributed by atoms with Crippen molar-refractivity contribution in [1.82, 2.24) is 9.80 Å². The fourth-order valence-corrected chi connectivity index (χ4v) is 2.83. The van der Waals surface area contributed by atoms with Crippen LogP contribution in [0.4, 0.5) is 0 Å². The van der Waals surface area contributed by atoms with Crippen LogP contribution in [0.3, 0.4) is 0 Å². The lowest BCUT2D eigenvalue weighted by Gasteiger charge is -2.35. The van der Waals surface area contributed by atoms with Crippen molar-refractivity contribution in [3.8, 4) is 11.5 Å². The molecule has 6 nitrogen and oxygen atoms in total. The molecule has 2 rings (SSSR count). The number of benzene rings is 1. The van der Waals surface area contributed by atoms with Gasteiger partial charge in [0.05, 0.1) is 14.2 Å². The zero-order valence-electron chi connectivity index (χ0n) is 14.2. The van der Waals surface area contributed by atoms with Crippen molar-refractivity contribution >= 4 is 5.91 Å². The molecule has 1 heterocycles. The summed E-state index contributed by atoms with van der Waals surface area (Å²) >= 11 is 0. The summed E-state index contributed by atoms with van der Waals surface area (Å²) in [7, 11) is 4.86. The van der Waals surface area contributed by atoms with Crippen molar-refractivity contribution in [3.05, 3.63) is 23.8 Å². The van der Waals surface area contributed by atoms with Crippen LogP contribution >= 0.6 is 0 Å². The molecule has 1 amide bonds. The van der Waals surface area contributed by atoms with Gasteiger partial charge in [-0.25, -0.2) is 0 Å². The highest BCUT2D eigenvalue weighted by atomic mass is 16.5. The molecule has 1 aromatic carbocycles. The molecule has 128 valence electrons. The SMILES string of the molecule is COCCCN1CCN(C(=O)c2c(OC)cccc2OC)CC1. The molecule has 0 N–H and O–H groups in total. The van der Waals surface area contributed by atoms with Gasteiger partial charge in [0.1, 0.15) is 17.1 Å². The molecule has 0 aromatic heterocycles. The topological polar surface area (TPSA) is 51.2 Å². The van der Waals surface area contributed by atoms with Gasteiger partial charge in [0, 0.05) is 46.4 Å². The van der Waals surface area contributed by atoms with Crippen molar-refractivity contribution < 1.29 is 19.0 Å². The number of nitrogens with zero attached hydrogens (tertiary/aromatic N) is 2. The summed E-state index contributed by atoms with van der Waals surface area (Å²) in [6, 6.07) is 5.40. The van der Waals surface area contributed by atoms with Gasteiger partial charge in [0.25, 0.3) is 5.91 Å². The van der Waals surface area contributed by atoms with Crippen LogP contribution in [0.25, 0.3) is 0 Å². The monoisotopic (exact) mass is 322 g/mol. The van der Waals surface area contributed by atoms with Crippen LogP contribution in [-0.2, 0) is 4.74 Å². The molecule has 1 saturated heterocycles. The van der Waals surface area contributed by atoms with E-state index in [2.05, 4.69) is 4.90 Å². The second-order valence-corrected chi connectivity index (χ2v) is 5.52. The average Bonchev–Trinajstić information content (AvgIpc) is 2.61. The molecule has 23 heavy (non-hydrogen) atoms. The standard InChI is InChI=1S/C17H26N2O4/c1-21-13-5-8-18-9-11-19(12-10-18)17(20)16-14(22-2)6-4-7-15(16)23-3/h4,6-7H,5,8-13H2,1-3H3. The predicted molar refractivity (Wildman–Crippen MR) is 88.4 cm³/mol. The smallest absolute Gasteiger partial charge is 0.261 e. The molecular formula is C17H26N2O4. The lowest BCUT2D eigenvalue weighted by molar-refractivity contribution is 0.0617. The second kappa shape index (κ2) is 8.74. The van der Waals surface area contributed by atoms with Crippen molar-refractivity contribution in [1.29, 1.82) is 0 Å². The number of hydrogen-bond acceptors (Lipinski definition) is 5. The molecule has 1 aliphatic rings. The number of carbonyl (C=O) groups is 1. The third-order valence-corrected chi connectivity index (χ3v) is 4.12. The first-order chi connectivity index (χ1) is 11.2. The first-order valence-electron chi connectivity index (χ1n) is 7.92. The van der Waals surface area contributed by atoms with Crippen molar-refractivity contribution in [2.24, 2.45) is 0 Å². The van der Waals surface area contributed by atoms with E-state index in [4.69, 9.17) is 14.2 Å². The van der Waals surface area contributed by atoms with E-state index in [1.54, 1.807) is 33.5 Å². The number of amides is 1. The summed E-state index contributed by atoms with van der Waals surface area (Å²) in [5.41, 5.74) is 0.505. The Bertz CT molecular complexity index is 491. The molecular weight excluding hydrogens is 296 g/mol. The molecule has 0 bridgehead atoms. The molecule has 0 aliphatic carbocycles. The van der Waals surface area contributed by atoms with Gasteiger partial charge in [0.15, 0.2) is 0 Å². The number of piperazine rings is 1. The van der Waals surface area contributed by atoms with E-state index in [-0.39, 0.29) is 5.91 Å². The van der Waals surface area contributed by atoms with Crippen molar-refractivity contribution in [3.63, 3.8) is 0 Å². The van der Waals surface area contributed by atoms with E-state index in [0.29, 0.717) is 30.2 Å². The molecule has 6 heteroatoms. The van der Waals surface area contributed by atoms with Gasteiger partial charge in [-0.2, -0.15) is 0 Å². The number of rotatable bonds is 7. The molecule has 1 aliphatic heterocycles. The Morgan fingerprint density at radius 3 is 2.17 bits per heavy atom. The fourth-order valence-electron chi connectivity index (χ4n) is 2.83. The van der Waals surface area contributed by atoms with Crippen LogP contribution in [0.5, 0.6) is 11.5 Å². The largest absolute Gasteiger partial charge is 0.496 e. The lowest BCUT2D eigenvalue weighted by atomic mass is 10.1. The van der Waals surface area contributed by atoms with E-state index < -0.39 is 0 Å². The Morgan fingerprint density at radius 1 is 1.04 bits per heavy atom. The summed E-state index contributed by atoms with van der Waals surface area (Å²) in [5.74, 6) is 1.07. The minimum absolute atomic E-state index is 0.0316. The quantitative estimate of drug-likeness (QED) is 0.712. The van der Waals surface area contributed by atoms with E-state index in [1.165, 1.54) is 0 Å². The normalized spacial score (nSPS) is 15.5. The number of methoxy groups -OCH3 is 3. The average molecular weight is 322 g/mol. The lowest BCUT2D eigenvalue weighted by Crippen LogP contribution is -2.49. The van der Waals surface area contributed by atoms with Crippen LogP contribution in [0.15, 0.2) is 18.2 Å². The van der Waals surface area contributed by atoms with Crippen LogP contribution < -0.4 is 9.47 Å². The van der Waals surface area contributed by atoms with E-state index >= 15 is 0 Å². The third kappa shape index (κ3) is 4.36. The zero-order chi connectivity index (χ0) is 16.7. The molecule has 1 fully saturated rings. The van der Waals surface area contributed by atoms with E-state index in [9.17, 15) is 4.79 Å². The van der Waals surface area contributed by atoms with Gasteiger partial charge in [-0.1, -0.05) is 6.07 Å². The molecule has 0 unspecified atom stereocenters. The molecule has 0 saturated carbocycles. The van der Waals surface area contributed by atoms with Gasteiger partial charge in [0.2, 0.25) is 0 Å². The van der Waals surface area contributed by atoms with Crippen LogP contribution in [0.1, 0.15) is 16.8 Å². The van der Waals surface area contributed by atoms with E-state index in [0.717, 1.165) is 32.7 Å². The Morgan fingerprint density at radius 2 is 1.65 bits per heavy atom. The number of carbonyl (C=O) groups excluding carboxylic acids is 1. The van der Waals surface area contributed by atoms with Crippen LogP contribution in [0.2, 0.25) is 0 Å². The van der Waals surface area contributed by atoms with Crippen molar-refractivity contribution in [2.75, 3.05) is 60.7 Å². The van der Waals surface area contributed by atoms with Gasteiger partial charge in [-0.05, 0) is 18.6 Å². The Balaban J connectivity index is 2.00. The summed E-state index contributed by atoms with van der Waals surface area (Å²) in [6.07, 6.45) is 1.02. The van der Waals surface area contributed by atoms with Crippen LogP contribution in [0, 0.1) is 0 Å². The number of ether oxygens (including phenoxy) is 3. The maximum Gasteiger partial charge on any atom is 0.261 e. The molecule has 1 aromatic rings.